The molecule has 4 heteroatoms. The van der Waals surface area contributed by atoms with Gasteiger partial charge in [-0.1, -0.05) is 164 Å². The van der Waals surface area contributed by atoms with Gasteiger partial charge < -0.3 is 4.57 Å². The van der Waals surface area contributed by atoms with Crippen LogP contribution in [0.25, 0.3) is 111 Å². The normalized spacial score (nSPS) is 11.6. The second-order valence-corrected chi connectivity index (χ2v) is 14.5. The summed E-state index contributed by atoms with van der Waals surface area (Å²) in [5.74, 6) is 1.91. The predicted molar refractivity (Wildman–Crippen MR) is 239 cm³/mol. The zero-order valence-electron chi connectivity index (χ0n) is 31.0. The van der Waals surface area contributed by atoms with Crippen molar-refractivity contribution < 1.29 is 0 Å². The Kier molecular flexibility index (Phi) is 7.61. The van der Waals surface area contributed by atoms with Crippen molar-refractivity contribution in [2.24, 2.45) is 0 Å². The molecule has 4 nitrogen and oxygen atoms in total. The van der Waals surface area contributed by atoms with Crippen molar-refractivity contribution in [2.75, 3.05) is 0 Å². The molecular weight excluding hydrogens is 693 g/mol. The smallest absolute Gasteiger partial charge is 0.164 e. The summed E-state index contributed by atoms with van der Waals surface area (Å²) in [6, 6.07) is 66.5. The molecule has 0 amide bonds. The second kappa shape index (κ2) is 13.3. The first kappa shape index (κ1) is 32.7. The fourth-order valence-electron chi connectivity index (χ4n) is 8.50. The molecule has 0 unspecified atom stereocenters. The minimum Gasteiger partial charge on any atom is -0.309 e. The maximum atomic E-state index is 5.20. The molecule has 0 aliphatic heterocycles. The number of aromatic nitrogens is 4. The summed E-state index contributed by atoms with van der Waals surface area (Å²) in [6.45, 7) is 4.04. The Morgan fingerprint density at radius 1 is 0.368 bits per heavy atom. The number of hydrogen-bond donors (Lipinski definition) is 0. The van der Waals surface area contributed by atoms with E-state index in [-0.39, 0.29) is 0 Å². The summed E-state index contributed by atoms with van der Waals surface area (Å²) in [7, 11) is 0. The molecule has 0 N–H and O–H groups in total. The van der Waals surface area contributed by atoms with E-state index in [9.17, 15) is 0 Å². The van der Waals surface area contributed by atoms with Crippen molar-refractivity contribution in [3.8, 4) is 51.0 Å². The zero-order valence-corrected chi connectivity index (χ0v) is 31.0. The first-order chi connectivity index (χ1) is 28.2. The Morgan fingerprint density at radius 2 is 0.930 bits per heavy atom. The van der Waals surface area contributed by atoms with Crippen LogP contribution in [0, 0.1) is 0 Å². The van der Waals surface area contributed by atoms with Crippen LogP contribution < -0.4 is 0 Å². The molecule has 0 radical (unpaired) electrons. The van der Waals surface area contributed by atoms with Gasteiger partial charge in [0.1, 0.15) is 0 Å². The largest absolute Gasteiger partial charge is 0.309 e. The molecule has 57 heavy (non-hydrogen) atoms. The van der Waals surface area contributed by atoms with Gasteiger partial charge >= 0.3 is 0 Å². The molecule has 0 aliphatic rings. The third-order valence-electron chi connectivity index (χ3n) is 11.2. The molecule has 0 saturated heterocycles. The standard InChI is InChI=1S/C53H34N4/c1-2-34-25-28-42-43-29-27-39(33-46(43)41-22-13-12-21-40(41)45(42)31-34)57-48-30-26-38(35-15-6-3-7-16-35)32-47(48)50-44(23-14-24-49(50)57)53-55-51(36-17-8-4-9-18-36)54-52(56-53)37-19-10-5-11-20-37/h2-33H,1H2. The summed E-state index contributed by atoms with van der Waals surface area (Å²) < 4.78 is 2.40. The summed E-state index contributed by atoms with van der Waals surface area (Å²) in [5.41, 5.74) is 9.54. The third kappa shape index (κ3) is 5.42. The lowest BCUT2D eigenvalue weighted by Gasteiger charge is -2.14. The molecule has 0 spiro atoms. The van der Waals surface area contributed by atoms with Gasteiger partial charge in [0.2, 0.25) is 0 Å². The van der Waals surface area contributed by atoms with Crippen molar-refractivity contribution >= 4 is 60.2 Å². The van der Waals surface area contributed by atoms with Gasteiger partial charge in [0, 0.05) is 33.2 Å². The van der Waals surface area contributed by atoms with Crippen LogP contribution in [0.3, 0.4) is 0 Å². The van der Waals surface area contributed by atoms with Crippen molar-refractivity contribution in [1.29, 1.82) is 0 Å². The van der Waals surface area contributed by atoms with Crippen LogP contribution in [-0.4, -0.2) is 19.5 Å². The van der Waals surface area contributed by atoms with Crippen LogP contribution in [0.5, 0.6) is 0 Å². The van der Waals surface area contributed by atoms with E-state index in [2.05, 4.69) is 163 Å². The topological polar surface area (TPSA) is 43.6 Å². The summed E-state index contributed by atoms with van der Waals surface area (Å²) in [5, 5.41) is 9.59. The molecule has 2 heterocycles. The van der Waals surface area contributed by atoms with E-state index in [0.717, 1.165) is 55.3 Å². The third-order valence-corrected chi connectivity index (χ3v) is 11.2. The van der Waals surface area contributed by atoms with Crippen molar-refractivity contribution in [1.82, 2.24) is 19.5 Å². The Bertz CT molecular complexity index is 3270. The van der Waals surface area contributed by atoms with Gasteiger partial charge in [-0.2, -0.15) is 0 Å². The minimum atomic E-state index is 0.632. The summed E-state index contributed by atoms with van der Waals surface area (Å²) in [4.78, 5) is 15.4. The van der Waals surface area contributed by atoms with Crippen molar-refractivity contribution in [3.05, 3.63) is 200 Å². The number of rotatable bonds is 6. The van der Waals surface area contributed by atoms with Gasteiger partial charge in [-0.25, -0.2) is 15.0 Å². The Labute approximate surface area is 329 Å². The maximum absolute atomic E-state index is 5.20. The monoisotopic (exact) mass is 726 g/mol. The quantitative estimate of drug-likeness (QED) is 0.160. The Hall–Kier alpha value is -7.69. The molecule has 266 valence electrons. The molecule has 0 bridgehead atoms. The van der Waals surface area contributed by atoms with E-state index < -0.39 is 0 Å². The van der Waals surface area contributed by atoms with Gasteiger partial charge in [0.05, 0.1) is 11.0 Å². The fraction of sp³-hybridized carbons (Fsp3) is 0. The van der Waals surface area contributed by atoms with E-state index >= 15 is 0 Å². The molecule has 0 aliphatic carbocycles. The van der Waals surface area contributed by atoms with Gasteiger partial charge in [0.15, 0.2) is 17.5 Å². The molecular formula is C53H34N4. The average molecular weight is 727 g/mol. The molecule has 0 atom stereocenters. The molecule has 0 fully saturated rings. The Morgan fingerprint density at radius 3 is 1.58 bits per heavy atom. The minimum absolute atomic E-state index is 0.632. The number of fused-ring (bicyclic) bond motifs is 9. The lowest BCUT2D eigenvalue weighted by Crippen LogP contribution is -2.00. The van der Waals surface area contributed by atoms with Crippen LogP contribution >= 0.6 is 0 Å². The molecule has 9 aromatic carbocycles. The summed E-state index contributed by atoms with van der Waals surface area (Å²) in [6.07, 6.45) is 1.92. The van der Waals surface area contributed by atoms with Crippen LogP contribution in [0.4, 0.5) is 0 Å². The molecule has 0 saturated carbocycles. The van der Waals surface area contributed by atoms with Gasteiger partial charge in [-0.15, -0.1) is 0 Å². The fourth-order valence-corrected chi connectivity index (χ4v) is 8.50. The van der Waals surface area contributed by atoms with Crippen LogP contribution in [0.1, 0.15) is 5.56 Å². The highest BCUT2D eigenvalue weighted by molar-refractivity contribution is 6.26. The van der Waals surface area contributed by atoms with Gasteiger partial charge in [0.25, 0.3) is 0 Å². The first-order valence-corrected chi connectivity index (χ1v) is 19.2. The van der Waals surface area contributed by atoms with Crippen molar-refractivity contribution in [3.63, 3.8) is 0 Å². The summed E-state index contributed by atoms with van der Waals surface area (Å²) >= 11 is 0. The lowest BCUT2D eigenvalue weighted by atomic mass is 9.93. The van der Waals surface area contributed by atoms with Crippen LogP contribution in [0.2, 0.25) is 0 Å². The maximum Gasteiger partial charge on any atom is 0.164 e. The highest BCUT2D eigenvalue weighted by Gasteiger charge is 2.21. The second-order valence-electron chi connectivity index (χ2n) is 14.5. The van der Waals surface area contributed by atoms with E-state index in [1.54, 1.807) is 0 Å². The van der Waals surface area contributed by atoms with Gasteiger partial charge in [-0.05, 0) is 85.4 Å². The van der Waals surface area contributed by atoms with Crippen LogP contribution in [0.15, 0.2) is 195 Å². The van der Waals surface area contributed by atoms with E-state index in [1.807, 2.05) is 42.5 Å². The van der Waals surface area contributed by atoms with Crippen molar-refractivity contribution in [2.45, 2.75) is 0 Å². The first-order valence-electron chi connectivity index (χ1n) is 19.2. The zero-order chi connectivity index (χ0) is 37.9. The number of hydrogen-bond acceptors (Lipinski definition) is 3. The van der Waals surface area contributed by atoms with E-state index in [4.69, 9.17) is 15.0 Å². The van der Waals surface area contributed by atoms with Crippen LogP contribution in [-0.2, 0) is 0 Å². The number of nitrogens with zero attached hydrogens (tertiary/aromatic N) is 4. The molecule has 2 aromatic heterocycles. The lowest BCUT2D eigenvalue weighted by molar-refractivity contribution is 1.08. The number of benzene rings is 9. The van der Waals surface area contributed by atoms with Gasteiger partial charge in [-0.3, -0.25) is 0 Å². The predicted octanol–water partition coefficient (Wildman–Crippen LogP) is 13.7. The molecule has 11 aromatic rings. The Balaban J connectivity index is 1.21. The van der Waals surface area contributed by atoms with E-state index in [0.29, 0.717) is 17.5 Å². The average Bonchev–Trinajstić information content (AvgIpc) is 3.63. The SMILES string of the molecule is C=Cc1ccc2c3ccc(-n4c5ccc(-c6ccccc6)cc5c5c(-c6nc(-c7ccccc7)nc(-c7ccccc7)n6)cccc54)cc3c3ccccc3c2c1. The highest BCUT2D eigenvalue weighted by Crippen LogP contribution is 2.42. The molecule has 11 rings (SSSR count). The van der Waals surface area contributed by atoms with E-state index in [1.165, 1.54) is 37.9 Å². The highest BCUT2D eigenvalue weighted by atomic mass is 15.0.